The Labute approximate surface area is 169 Å². The largest absolute Gasteiger partial charge is 0.483 e. The molecule has 0 aliphatic heterocycles. The van der Waals surface area contributed by atoms with E-state index in [4.69, 9.17) is 10.5 Å². The fourth-order valence-corrected chi connectivity index (χ4v) is 2.36. The summed E-state index contributed by atoms with van der Waals surface area (Å²) in [6, 6.07) is 14.6. The monoisotopic (exact) mass is 396 g/mol. The third-order valence-corrected chi connectivity index (χ3v) is 3.96. The van der Waals surface area contributed by atoms with E-state index >= 15 is 0 Å². The topological polar surface area (TPSA) is 123 Å². The highest BCUT2D eigenvalue weighted by Gasteiger charge is 2.12. The number of hydrogen-bond acceptors (Lipinski definition) is 5. The lowest BCUT2D eigenvalue weighted by Crippen LogP contribution is -2.37. The molecule has 4 N–H and O–H groups in total. The van der Waals surface area contributed by atoms with Gasteiger partial charge in [-0.3, -0.25) is 14.4 Å². The quantitative estimate of drug-likeness (QED) is 0.355. The van der Waals surface area contributed by atoms with E-state index in [1.165, 1.54) is 11.8 Å². The van der Waals surface area contributed by atoms with Gasteiger partial charge >= 0.3 is 11.8 Å². The first-order valence-corrected chi connectivity index (χ1v) is 9.07. The first-order valence-electron chi connectivity index (χ1n) is 9.07. The second-order valence-corrected chi connectivity index (χ2v) is 6.57. The molecule has 8 nitrogen and oxygen atoms in total. The summed E-state index contributed by atoms with van der Waals surface area (Å²) in [5.41, 5.74) is 9.81. The van der Waals surface area contributed by atoms with Crippen molar-refractivity contribution in [2.24, 2.45) is 10.8 Å². The number of hydrogen-bond donors (Lipinski definition) is 3. The molecule has 3 amide bonds. The highest BCUT2D eigenvalue weighted by atomic mass is 16.5. The first-order chi connectivity index (χ1) is 13.9. The molecule has 0 spiro atoms. The van der Waals surface area contributed by atoms with Gasteiger partial charge in [0, 0.05) is 12.1 Å². The Morgan fingerprint density at radius 2 is 1.76 bits per heavy atom. The molecule has 0 atom stereocenters. The SMILES string of the molecule is CC(C)c1ccc(CNC(=O)C(=O)N/N=C\c2ccccc2OCC(N)=O)cc1. The average Bonchev–Trinajstić information content (AvgIpc) is 2.71. The number of para-hydroxylation sites is 1. The van der Waals surface area contributed by atoms with Crippen molar-refractivity contribution in [3.05, 3.63) is 65.2 Å². The Hall–Kier alpha value is -3.68. The van der Waals surface area contributed by atoms with Crippen LogP contribution in [0, 0.1) is 0 Å². The maximum atomic E-state index is 11.9. The maximum Gasteiger partial charge on any atom is 0.329 e. The molecule has 0 heterocycles. The van der Waals surface area contributed by atoms with Crippen LogP contribution in [-0.4, -0.2) is 30.5 Å². The lowest BCUT2D eigenvalue weighted by Gasteiger charge is -2.08. The standard InChI is InChI=1S/C21H24N4O4/c1-14(2)16-9-7-15(8-10-16)11-23-20(27)21(28)25-24-12-17-5-3-4-6-18(17)29-13-19(22)26/h3-10,12,14H,11,13H2,1-2H3,(H2,22,26)(H,23,27)(H,25,28)/b24-12-. The summed E-state index contributed by atoms with van der Waals surface area (Å²) < 4.78 is 5.26. The predicted octanol–water partition coefficient (Wildman–Crippen LogP) is 1.44. The van der Waals surface area contributed by atoms with E-state index in [0.717, 1.165) is 5.56 Å². The molecule has 152 valence electrons. The van der Waals surface area contributed by atoms with Gasteiger partial charge in [0.2, 0.25) is 0 Å². The summed E-state index contributed by atoms with van der Waals surface area (Å²) in [5.74, 6) is -1.50. The maximum absolute atomic E-state index is 11.9. The van der Waals surface area contributed by atoms with Gasteiger partial charge in [-0.05, 0) is 29.2 Å². The van der Waals surface area contributed by atoms with Crippen LogP contribution in [0.4, 0.5) is 0 Å². The van der Waals surface area contributed by atoms with Crippen molar-refractivity contribution in [1.82, 2.24) is 10.7 Å². The van der Waals surface area contributed by atoms with Gasteiger partial charge in [-0.25, -0.2) is 5.43 Å². The summed E-state index contributed by atoms with van der Waals surface area (Å²) in [5, 5.41) is 6.29. The number of nitrogens with zero attached hydrogens (tertiary/aromatic N) is 1. The fraction of sp³-hybridized carbons (Fsp3) is 0.238. The van der Waals surface area contributed by atoms with Crippen LogP contribution < -0.4 is 21.2 Å². The number of amides is 3. The van der Waals surface area contributed by atoms with Crippen molar-refractivity contribution in [2.45, 2.75) is 26.3 Å². The number of ether oxygens (including phenoxy) is 1. The van der Waals surface area contributed by atoms with E-state index in [2.05, 4.69) is 29.7 Å². The van der Waals surface area contributed by atoms with Crippen LogP contribution in [0.5, 0.6) is 5.75 Å². The van der Waals surface area contributed by atoms with Crippen molar-refractivity contribution in [3.63, 3.8) is 0 Å². The predicted molar refractivity (Wildman–Crippen MR) is 109 cm³/mol. The average molecular weight is 396 g/mol. The van der Waals surface area contributed by atoms with Crippen molar-refractivity contribution < 1.29 is 19.1 Å². The normalized spacial score (nSPS) is 10.7. The molecule has 0 bridgehead atoms. The smallest absolute Gasteiger partial charge is 0.329 e. The second-order valence-electron chi connectivity index (χ2n) is 6.57. The van der Waals surface area contributed by atoms with Crippen molar-refractivity contribution in [2.75, 3.05) is 6.61 Å². The number of carbonyl (C=O) groups is 3. The van der Waals surface area contributed by atoms with Crippen LogP contribution in [0.2, 0.25) is 0 Å². The number of nitrogens with one attached hydrogen (secondary N) is 2. The van der Waals surface area contributed by atoms with Gasteiger partial charge in [-0.15, -0.1) is 0 Å². The Morgan fingerprint density at radius 3 is 2.41 bits per heavy atom. The molecule has 29 heavy (non-hydrogen) atoms. The zero-order valence-corrected chi connectivity index (χ0v) is 16.3. The van der Waals surface area contributed by atoms with Gasteiger partial charge in [0.05, 0.1) is 6.21 Å². The third kappa shape index (κ3) is 7.10. The molecule has 8 heteroatoms. The zero-order chi connectivity index (χ0) is 21.2. The number of carbonyl (C=O) groups excluding carboxylic acids is 3. The Bertz CT molecular complexity index is 892. The summed E-state index contributed by atoms with van der Waals surface area (Å²) in [6.07, 6.45) is 1.31. The van der Waals surface area contributed by atoms with Gasteiger partial charge in [0.15, 0.2) is 6.61 Å². The van der Waals surface area contributed by atoms with E-state index < -0.39 is 17.7 Å². The van der Waals surface area contributed by atoms with Crippen molar-refractivity contribution in [3.8, 4) is 5.75 Å². The minimum absolute atomic E-state index is 0.234. The number of benzene rings is 2. The van der Waals surface area contributed by atoms with E-state index in [-0.39, 0.29) is 13.2 Å². The van der Waals surface area contributed by atoms with Crippen LogP contribution in [0.3, 0.4) is 0 Å². The molecule has 2 aromatic rings. The molecule has 0 saturated heterocycles. The molecular formula is C21H24N4O4. The van der Waals surface area contributed by atoms with E-state index in [1.807, 2.05) is 24.3 Å². The van der Waals surface area contributed by atoms with Gasteiger partial charge in [-0.2, -0.15) is 5.10 Å². The lowest BCUT2D eigenvalue weighted by atomic mass is 10.0. The van der Waals surface area contributed by atoms with Crippen molar-refractivity contribution >= 4 is 23.9 Å². The van der Waals surface area contributed by atoms with Crippen LogP contribution in [-0.2, 0) is 20.9 Å². The Kier molecular flexibility index (Phi) is 7.90. The van der Waals surface area contributed by atoms with Gasteiger partial charge in [0.25, 0.3) is 5.91 Å². The van der Waals surface area contributed by atoms with Gasteiger partial charge < -0.3 is 15.8 Å². The molecule has 0 saturated carbocycles. The van der Waals surface area contributed by atoms with Crippen LogP contribution in [0.25, 0.3) is 0 Å². The van der Waals surface area contributed by atoms with Crippen LogP contribution in [0.15, 0.2) is 53.6 Å². The highest BCUT2D eigenvalue weighted by molar-refractivity contribution is 6.35. The molecule has 0 aromatic heterocycles. The van der Waals surface area contributed by atoms with Crippen molar-refractivity contribution in [1.29, 1.82) is 0 Å². The Morgan fingerprint density at radius 1 is 1.07 bits per heavy atom. The summed E-state index contributed by atoms with van der Waals surface area (Å²) in [6.45, 7) is 4.16. The summed E-state index contributed by atoms with van der Waals surface area (Å²) >= 11 is 0. The third-order valence-electron chi connectivity index (χ3n) is 3.96. The molecular weight excluding hydrogens is 372 g/mol. The highest BCUT2D eigenvalue weighted by Crippen LogP contribution is 2.16. The second kappa shape index (κ2) is 10.6. The Balaban J connectivity index is 1.85. The number of rotatable bonds is 8. The molecule has 0 radical (unpaired) electrons. The van der Waals surface area contributed by atoms with Crippen LogP contribution in [0.1, 0.15) is 36.5 Å². The lowest BCUT2D eigenvalue weighted by molar-refractivity contribution is -0.139. The molecule has 0 unspecified atom stereocenters. The first kappa shape index (κ1) is 21.6. The zero-order valence-electron chi connectivity index (χ0n) is 16.3. The molecule has 2 rings (SSSR count). The minimum atomic E-state index is -0.893. The van der Waals surface area contributed by atoms with E-state index in [0.29, 0.717) is 17.2 Å². The molecule has 0 aliphatic carbocycles. The molecule has 0 aliphatic rings. The number of hydrazone groups is 1. The number of nitrogens with two attached hydrogens (primary N) is 1. The number of primary amides is 1. The van der Waals surface area contributed by atoms with Gasteiger partial charge in [0.1, 0.15) is 5.75 Å². The molecule has 0 fully saturated rings. The van der Waals surface area contributed by atoms with E-state index in [9.17, 15) is 14.4 Å². The van der Waals surface area contributed by atoms with Gasteiger partial charge in [-0.1, -0.05) is 50.2 Å². The fourth-order valence-electron chi connectivity index (χ4n) is 2.36. The summed E-state index contributed by atoms with van der Waals surface area (Å²) in [4.78, 5) is 34.6. The van der Waals surface area contributed by atoms with E-state index in [1.54, 1.807) is 24.3 Å². The van der Waals surface area contributed by atoms with Crippen LogP contribution >= 0.6 is 0 Å². The minimum Gasteiger partial charge on any atom is -0.483 e. The molecule has 2 aromatic carbocycles. The summed E-state index contributed by atoms with van der Waals surface area (Å²) in [7, 11) is 0.